The van der Waals surface area contributed by atoms with Crippen LogP contribution in [0.1, 0.15) is 100 Å². The molecule has 0 amide bonds. The van der Waals surface area contributed by atoms with E-state index in [1.807, 2.05) is 36.4 Å². The number of rotatable bonds is 13. The van der Waals surface area contributed by atoms with E-state index in [-0.39, 0.29) is 0 Å². The molecule has 0 spiro atoms. The summed E-state index contributed by atoms with van der Waals surface area (Å²) in [6, 6.07) is 65.6. The third-order valence-electron chi connectivity index (χ3n) is 15.7. The van der Waals surface area contributed by atoms with Gasteiger partial charge in [-0.3, -0.25) is 0 Å². The summed E-state index contributed by atoms with van der Waals surface area (Å²) in [7, 11) is 2.96. The zero-order valence-corrected chi connectivity index (χ0v) is 50.1. The van der Waals surface area contributed by atoms with Gasteiger partial charge in [-0.25, -0.2) is 0 Å². The van der Waals surface area contributed by atoms with E-state index in [1.54, 1.807) is 4.91 Å². The maximum absolute atomic E-state index is 4.15. The molecule has 10 aromatic rings. The molecular formula is C76H81N3S. The van der Waals surface area contributed by atoms with E-state index in [9.17, 15) is 0 Å². The monoisotopic (exact) mass is 1070 g/mol. The first-order valence-electron chi connectivity index (χ1n) is 28.6. The Morgan fingerprint density at radius 2 is 0.988 bits per heavy atom. The highest BCUT2D eigenvalue weighted by atomic mass is 32.3. The van der Waals surface area contributed by atoms with Gasteiger partial charge in [-0.2, -0.15) is 10.0 Å². The summed E-state index contributed by atoms with van der Waals surface area (Å²) in [5.41, 5.74) is 19.8. The van der Waals surface area contributed by atoms with Crippen molar-refractivity contribution >= 4 is 88.4 Å². The first-order chi connectivity index (χ1) is 38.7. The van der Waals surface area contributed by atoms with Gasteiger partial charge in [-0.05, 0) is 158 Å². The molecule has 1 aliphatic carbocycles. The third kappa shape index (κ3) is 12.2. The molecule has 1 atom stereocenters. The molecule has 0 radical (unpaired) electrons. The average molecular weight is 1070 g/mol. The Balaban J connectivity index is 0.000000636. The van der Waals surface area contributed by atoms with Crippen LogP contribution in [0.5, 0.6) is 0 Å². The van der Waals surface area contributed by atoms with Crippen LogP contribution < -0.4 is 4.90 Å². The molecule has 0 bridgehead atoms. The summed E-state index contributed by atoms with van der Waals surface area (Å²) >= 11 is 0. The van der Waals surface area contributed by atoms with Crippen molar-refractivity contribution in [3.05, 3.63) is 267 Å². The molecule has 8 aromatic carbocycles. The molecule has 406 valence electrons. The first-order valence-corrected chi connectivity index (χ1v) is 30.7. The highest BCUT2D eigenvalue weighted by Crippen LogP contribution is 2.69. The molecule has 2 aromatic heterocycles. The second kappa shape index (κ2) is 25.4. The number of nitrogens with zero attached hydrogens (tertiary/aromatic N) is 3. The quantitative estimate of drug-likeness (QED) is 0.0828. The fraction of sp³-hybridized carbons (Fsp3) is 0.211. The summed E-state index contributed by atoms with van der Waals surface area (Å²) in [6.45, 7) is 22.0. The minimum Gasteiger partial charge on any atom is -0.344 e. The predicted molar refractivity (Wildman–Crippen MR) is 356 cm³/mol. The van der Waals surface area contributed by atoms with Crippen LogP contribution in [-0.4, -0.2) is 15.4 Å². The van der Waals surface area contributed by atoms with E-state index in [0.717, 1.165) is 35.5 Å². The highest BCUT2D eigenvalue weighted by molar-refractivity contribution is 8.39. The molecule has 0 saturated heterocycles. The SMILES string of the molecule is C=C(C)/C=C(C)\C=C(\C)S(C)(C1=CC=C(c2ccc3c4ccc(/C=C/c5ccc6c7ccc(N(c8ccccc8)c8ccccc8)cc7n(C)c6c5)cc4n(C)c3c2)CC1)c1c(C)cc(C)cc1C.CCCCC.c1ccccc1. The van der Waals surface area contributed by atoms with Crippen LogP contribution >= 0.6 is 10.0 Å². The van der Waals surface area contributed by atoms with Crippen molar-refractivity contribution in [3.8, 4) is 0 Å². The number of aromatic nitrogens is 2. The number of hydrogen-bond donors (Lipinski definition) is 0. The van der Waals surface area contributed by atoms with Gasteiger partial charge in [0.05, 0.1) is 5.52 Å². The van der Waals surface area contributed by atoms with Crippen molar-refractivity contribution < 1.29 is 0 Å². The van der Waals surface area contributed by atoms with Gasteiger partial charge in [-0.1, -0.05) is 220 Å². The van der Waals surface area contributed by atoms with Crippen molar-refractivity contribution in [2.75, 3.05) is 11.2 Å². The minimum atomic E-state index is -1.44. The lowest BCUT2D eigenvalue weighted by atomic mass is 9.96. The smallest absolute Gasteiger partial charge is 0.0509 e. The van der Waals surface area contributed by atoms with Crippen LogP contribution in [0.25, 0.3) is 61.3 Å². The standard InChI is InChI=1S/C65H63N3S.C6H6.C5H12/c1-43(2)35-44(3)38-48(7)69(10,65-46(5)36-45(4)37-47(65)6)56-29-25-51(26-30-56)52-27-33-59-57-31-23-49(39-61(57)66(8)63(59)41-52)21-22-50-24-32-58-60-34-28-55(42-64(60)67(9)62(58)40-50)68(53-17-13-11-14-18-53)54-19-15-12-16-20-54;1-2-4-6-5-3-1;1-3-5-4-2/h11-25,27-29,31-42H,1,26,30H2,2-10H3;1-6H;3-5H2,1-2H3/b22-21+,44-35-,48-38-;;. The Morgan fingerprint density at radius 1 is 0.525 bits per heavy atom. The first kappa shape index (κ1) is 56.7. The lowest BCUT2D eigenvalue weighted by Crippen LogP contribution is -2.10. The second-order valence-corrected chi connectivity index (χ2v) is 25.3. The van der Waals surface area contributed by atoms with Crippen molar-refractivity contribution in [2.24, 2.45) is 14.1 Å². The van der Waals surface area contributed by atoms with E-state index < -0.39 is 10.0 Å². The third-order valence-corrected chi connectivity index (χ3v) is 20.0. The van der Waals surface area contributed by atoms with E-state index >= 15 is 0 Å². The predicted octanol–water partition coefficient (Wildman–Crippen LogP) is 22.4. The van der Waals surface area contributed by atoms with Crippen LogP contribution in [0.15, 0.2) is 239 Å². The normalized spacial score (nSPS) is 14.0. The van der Waals surface area contributed by atoms with Gasteiger partial charge < -0.3 is 14.0 Å². The zero-order valence-electron chi connectivity index (χ0n) is 49.3. The number of aryl methyl sites for hydroxylation is 5. The summed E-state index contributed by atoms with van der Waals surface area (Å²) in [6.07, 6.45) is 22.6. The molecule has 0 aliphatic heterocycles. The van der Waals surface area contributed by atoms with Gasteiger partial charge in [0.1, 0.15) is 0 Å². The van der Waals surface area contributed by atoms with Crippen LogP contribution in [0.2, 0.25) is 0 Å². The zero-order chi connectivity index (χ0) is 56.5. The maximum atomic E-state index is 4.15. The van der Waals surface area contributed by atoms with E-state index in [0.29, 0.717) is 0 Å². The number of anilines is 3. The van der Waals surface area contributed by atoms with Crippen LogP contribution in [0.3, 0.4) is 0 Å². The molecule has 2 heterocycles. The van der Waals surface area contributed by atoms with Crippen molar-refractivity contribution in [3.63, 3.8) is 0 Å². The lowest BCUT2D eigenvalue weighted by molar-refractivity contribution is 0.772. The average Bonchev–Trinajstić information content (AvgIpc) is 3.93. The van der Waals surface area contributed by atoms with E-state index in [1.165, 1.54) is 117 Å². The van der Waals surface area contributed by atoms with Crippen LogP contribution in [0, 0.1) is 20.8 Å². The van der Waals surface area contributed by atoms with Gasteiger partial charge in [0, 0.05) is 74.1 Å². The Labute approximate surface area is 479 Å². The summed E-state index contributed by atoms with van der Waals surface area (Å²) < 4.78 is 4.71. The Hall–Kier alpha value is -8.05. The van der Waals surface area contributed by atoms with Crippen LogP contribution in [-0.2, 0) is 14.1 Å². The molecular weight excluding hydrogens is 987 g/mol. The van der Waals surface area contributed by atoms with Gasteiger partial charge in [-0.15, -0.1) is 0 Å². The van der Waals surface area contributed by atoms with Crippen molar-refractivity contribution in [2.45, 2.75) is 92.4 Å². The molecule has 0 fully saturated rings. The summed E-state index contributed by atoms with van der Waals surface area (Å²) in [5.74, 6) is 0. The molecule has 1 aliphatic rings. The maximum Gasteiger partial charge on any atom is 0.0509 e. The molecule has 11 rings (SSSR count). The summed E-state index contributed by atoms with van der Waals surface area (Å²) in [5, 5.41) is 5.09. The highest BCUT2D eigenvalue weighted by Gasteiger charge is 2.32. The summed E-state index contributed by atoms with van der Waals surface area (Å²) in [4.78, 5) is 6.83. The van der Waals surface area contributed by atoms with Gasteiger partial charge >= 0.3 is 0 Å². The fourth-order valence-corrected chi connectivity index (χ4v) is 15.6. The minimum absolute atomic E-state index is 1.02. The van der Waals surface area contributed by atoms with E-state index in [2.05, 4.69) is 278 Å². The topological polar surface area (TPSA) is 13.1 Å². The van der Waals surface area contributed by atoms with Crippen molar-refractivity contribution in [1.29, 1.82) is 0 Å². The Bertz CT molecular complexity index is 3900. The number of hydrogen-bond acceptors (Lipinski definition) is 1. The molecule has 0 N–H and O–H groups in total. The van der Waals surface area contributed by atoms with E-state index in [4.69, 9.17) is 0 Å². The van der Waals surface area contributed by atoms with Gasteiger partial charge in [0.15, 0.2) is 0 Å². The number of para-hydroxylation sites is 2. The fourth-order valence-electron chi connectivity index (χ4n) is 11.9. The molecule has 4 heteroatoms. The number of unbranched alkanes of at least 4 members (excludes halogenated alkanes) is 2. The van der Waals surface area contributed by atoms with Gasteiger partial charge in [0.2, 0.25) is 0 Å². The second-order valence-electron chi connectivity index (χ2n) is 21.9. The molecule has 3 nitrogen and oxygen atoms in total. The number of allylic oxidation sites excluding steroid dienone is 9. The molecule has 1 unspecified atom stereocenters. The number of fused-ring (bicyclic) bond motifs is 6. The Kier molecular flexibility index (Phi) is 18.0. The van der Waals surface area contributed by atoms with Crippen LogP contribution in [0.4, 0.5) is 17.1 Å². The Morgan fingerprint density at radius 3 is 1.45 bits per heavy atom. The van der Waals surface area contributed by atoms with Crippen molar-refractivity contribution in [1.82, 2.24) is 9.13 Å². The molecule has 0 saturated carbocycles. The number of benzene rings is 8. The lowest BCUT2D eigenvalue weighted by Gasteiger charge is -2.43. The largest absolute Gasteiger partial charge is 0.344 e. The van der Waals surface area contributed by atoms with Gasteiger partial charge in [0.25, 0.3) is 0 Å². The molecule has 80 heavy (non-hydrogen) atoms.